The molecule has 2 rings (SSSR count). The summed E-state index contributed by atoms with van der Waals surface area (Å²) in [5.41, 5.74) is 1.29. The van der Waals surface area contributed by atoms with E-state index in [0.29, 0.717) is 29.2 Å². The number of amides is 1. The van der Waals surface area contributed by atoms with Crippen LogP contribution in [0.25, 0.3) is 6.08 Å². The van der Waals surface area contributed by atoms with E-state index in [1.807, 2.05) is 6.92 Å². The van der Waals surface area contributed by atoms with Crippen molar-refractivity contribution >= 4 is 23.5 Å². The number of carbonyl (C=O) groups is 2. The zero-order valence-electron chi connectivity index (χ0n) is 16.4. The summed E-state index contributed by atoms with van der Waals surface area (Å²) in [5.74, 6) is 0.214. The summed E-state index contributed by atoms with van der Waals surface area (Å²) in [6.07, 6.45) is 2.91. The molecule has 1 amide bonds. The smallest absolute Gasteiger partial charge is 0.273 e. The maximum atomic E-state index is 12.4. The Hall–Kier alpha value is -3.68. The molecule has 8 nitrogen and oxygen atoms in total. The molecule has 0 aliphatic heterocycles. The van der Waals surface area contributed by atoms with Crippen LogP contribution in [0, 0.1) is 17.0 Å². The molecule has 0 aliphatic carbocycles. The van der Waals surface area contributed by atoms with Gasteiger partial charge in [-0.25, -0.2) is 0 Å². The number of nitrogens with zero attached hydrogens (tertiary/aromatic N) is 1. The van der Waals surface area contributed by atoms with Crippen molar-refractivity contribution in [1.82, 2.24) is 5.32 Å². The molecule has 0 aliphatic rings. The van der Waals surface area contributed by atoms with Crippen molar-refractivity contribution in [2.24, 2.45) is 0 Å². The van der Waals surface area contributed by atoms with E-state index < -0.39 is 4.92 Å². The largest absolute Gasteiger partial charge is 0.493 e. The van der Waals surface area contributed by atoms with Gasteiger partial charge in [0, 0.05) is 23.7 Å². The fourth-order valence-electron chi connectivity index (χ4n) is 2.53. The number of carbonyl (C=O) groups excluding carboxylic acids is 2. The van der Waals surface area contributed by atoms with Gasteiger partial charge < -0.3 is 14.8 Å². The number of hydrogen-bond donors (Lipinski definition) is 1. The second-order valence-electron chi connectivity index (χ2n) is 6.11. The van der Waals surface area contributed by atoms with E-state index in [9.17, 15) is 19.7 Å². The number of ketones is 1. The minimum atomic E-state index is -0.514. The Kier molecular flexibility index (Phi) is 7.47. The lowest BCUT2D eigenvalue weighted by molar-refractivity contribution is -0.385. The fraction of sp³-hybridized carbons (Fsp3) is 0.238. The number of ether oxygens (including phenoxy) is 2. The minimum absolute atomic E-state index is 0.0977. The Bertz CT molecular complexity index is 952. The normalized spacial score (nSPS) is 10.6. The first-order valence-electron chi connectivity index (χ1n) is 8.90. The molecule has 0 heterocycles. The average Bonchev–Trinajstić information content (AvgIpc) is 2.71. The molecule has 1 N–H and O–H groups in total. The van der Waals surface area contributed by atoms with E-state index in [2.05, 4.69) is 5.32 Å². The predicted molar refractivity (Wildman–Crippen MR) is 108 cm³/mol. The van der Waals surface area contributed by atoms with Gasteiger partial charge in [0.15, 0.2) is 23.9 Å². The molecule has 0 aromatic heterocycles. The summed E-state index contributed by atoms with van der Waals surface area (Å²) in [5, 5.41) is 13.7. The third kappa shape index (κ3) is 5.90. The highest BCUT2D eigenvalue weighted by atomic mass is 16.6. The van der Waals surface area contributed by atoms with E-state index in [1.165, 1.54) is 19.3 Å². The summed E-state index contributed by atoms with van der Waals surface area (Å²) in [6.45, 7) is 3.81. The lowest BCUT2D eigenvalue weighted by Crippen LogP contribution is -2.28. The van der Waals surface area contributed by atoms with Crippen LogP contribution in [0.15, 0.2) is 42.5 Å². The van der Waals surface area contributed by atoms with Crippen LogP contribution in [0.1, 0.15) is 28.4 Å². The molecular formula is C21H22N2O6. The first kappa shape index (κ1) is 21.6. The number of nitrogens with one attached hydrogen (secondary N) is 1. The summed E-state index contributed by atoms with van der Waals surface area (Å²) >= 11 is 0. The molecule has 0 spiro atoms. The van der Waals surface area contributed by atoms with Gasteiger partial charge >= 0.3 is 0 Å². The van der Waals surface area contributed by atoms with Gasteiger partial charge in [-0.05, 0) is 37.6 Å². The zero-order valence-corrected chi connectivity index (χ0v) is 16.4. The van der Waals surface area contributed by atoms with Crippen molar-refractivity contribution in [2.45, 2.75) is 13.8 Å². The molecule has 0 unspecified atom stereocenters. The quantitative estimate of drug-likeness (QED) is 0.300. The number of allylic oxidation sites excluding steroid dienone is 1. The number of methoxy groups -OCH3 is 1. The van der Waals surface area contributed by atoms with E-state index in [1.54, 1.807) is 43.3 Å². The zero-order chi connectivity index (χ0) is 21.4. The van der Waals surface area contributed by atoms with Crippen LogP contribution in [0.3, 0.4) is 0 Å². The van der Waals surface area contributed by atoms with E-state index in [-0.39, 0.29) is 29.5 Å². The van der Waals surface area contributed by atoms with Crippen molar-refractivity contribution in [3.8, 4) is 11.5 Å². The number of nitro groups is 1. The predicted octanol–water partition coefficient (Wildman–Crippen LogP) is 3.32. The monoisotopic (exact) mass is 398 g/mol. The molecule has 0 saturated heterocycles. The van der Waals surface area contributed by atoms with Crippen LogP contribution in [0.4, 0.5) is 5.69 Å². The lowest BCUT2D eigenvalue weighted by Gasteiger charge is -2.11. The third-order valence-corrected chi connectivity index (χ3v) is 4.04. The number of hydrogen-bond acceptors (Lipinski definition) is 6. The average molecular weight is 398 g/mol. The molecule has 0 saturated carbocycles. The number of rotatable bonds is 9. The summed E-state index contributed by atoms with van der Waals surface area (Å²) in [4.78, 5) is 34.4. The molecule has 152 valence electrons. The maximum absolute atomic E-state index is 12.4. The molecule has 0 radical (unpaired) electrons. The lowest BCUT2D eigenvalue weighted by atomic mass is 10.1. The van der Waals surface area contributed by atoms with Gasteiger partial charge in [0.05, 0.1) is 12.0 Å². The molecule has 2 aromatic carbocycles. The van der Waals surface area contributed by atoms with Gasteiger partial charge in [0.1, 0.15) is 0 Å². The summed E-state index contributed by atoms with van der Waals surface area (Å²) in [6, 6.07) is 9.36. The summed E-state index contributed by atoms with van der Waals surface area (Å²) in [7, 11) is 1.47. The molecular weight excluding hydrogens is 376 g/mol. The Morgan fingerprint density at radius 1 is 1.17 bits per heavy atom. The van der Waals surface area contributed by atoms with E-state index in [4.69, 9.17) is 9.47 Å². The van der Waals surface area contributed by atoms with Gasteiger partial charge in [0.25, 0.3) is 11.6 Å². The van der Waals surface area contributed by atoms with Crippen molar-refractivity contribution in [3.05, 3.63) is 69.3 Å². The SMILES string of the molecule is CCNC(=O)COc1ccc(/C=C/C(=O)c2ccc(C)c([N+](=O)[O-])c2)cc1OC. The number of benzene rings is 2. The molecule has 29 heavy (non-hydrogen) atoms. The number of nitro benzene ring substituents is 1. The van der Waals surface area contributed by atoms with Gasteiger partial charge in [-0.3, -0.25) is 19.7 Å². The van der Waals surface area contributed by atoms with Gasteiger partial charge in [-0.2, -0.15) is 0 Å². The maximum Gasteiger partial charge on any atom is 0.273 e. The number of aryl methyl sites for hydroxylation is 1. The first-order valence-corrected chi connectivity index (χ1v) is 8.90. The molecule has 0 atom stereocenters. The second-order valence-corrected chi connectivity index (χ2v) is 6.11. The highest BCUT2D eigenvalue weighted by Gasteiger charge is 2.14. The van der Waals surface area contributed by atoms with Crippen LogP contribution in [0.2, 0.25) is 0 Å². The molecule has 0 fully saturated rings. The highest BCUT2D eigenvalue weighted by Crippen LogP contribution is 2.28. The van der Waals surface area contributed by atoms with Crippen molar-refractivity contribution in [1.29, 1.82) is 0 Å². The summed E-state index contributed by atoms with van der Waals surface area (Å²) < 4.78 is 10.7. The Labute approximate surface area is 168 Å². The Morgan fingerprint density at radius 3 is 2.59 bits per heavy atom. The van der Waals surface area contributed by atoms with E-state index >= 15 is 0 Å². The molecule has 0 bridgehead atoms. The van der Waals surface area contributed by atoms with E-state index in [0.717, 1.165) is 0 Å². The fourth-order valence-corrected chi connectivity index (χ4v) is 2.53. The highest BCUT2D eigenvalue weighted by molar-refractivity contribution is 6.07. The minimum Gasteiger partial charge on any atom is -0.493 e. The van der Waals surface area contributed by atoms with Gasteiger partial charge in [-0.15, -0.1) is 0 Å². The third-order valence-electron chi connectivity index (χ3n) is 4.04. The van der Waals surface area contributed by atoms with Crippen molar-refractivity contribution in [3.63, 3.8) is 0 Å². The van der Waals surface area contributed by atoms with Crippen molar-refractivity contribution in [2.75, 3.05) is 20.3 Å². The molecule has 2 aromatic rings. The molecule has 8 heteroatoms. The first-order chi connectivity index (χ1) is 13.8. The van der Waals surface area contributed by atoms with Crippen LogP contribution in [-0.2, 0) is 4.79 Å². The van der Waals surface area contributed by atoms with Gasteiger partial charge in [0.2, 0.25) is 0 Å². The van der Waals surface area contributed by atoms with Gasteiger partial charge in [-0.1, -0.05) is 24.3 Å². The van der Waals surface area contributed by atoms with Crippen LogP contribution < -0.4 is 14.8 Å². The van der Waals surface area contributed by atoms with Crippen LogP contribution >= 0.6 is 0 Å². The van der Waals surface area contributed by atoms with Crippen molar-refractivity contribution < 1.29 is 24.0 Å². The number of likely N-dealkylation sites (N-methyl/N-ethyl adjacent to an activating group) is 1. The standard InChI is InChI=1S/C21H22N2O6/c1-4-22-21(25)13-29-19-10-7-15(11-20(19)28-3)6-9-18(24)16-8-5-14(2)17(12-16)23(26)27/h5-12H,4,13H2,1-3H3,(H,22,25)/b9-6+. The van der Waals surface area contributed by atoms with Crippen LogP contribution in [-0.4, -0.2) is 36.9 Å². The topological polar surface area (TPSA) is 108 Å². The second kappa shape index (κ2) is 10.0. The van der Waals surface area contributed by atoms with Crippen LogP contribution in [0.5, 0.6) is 11.5 Å². The Balaban J connectivity index is 2.14. The Morgan fingerprint density at radius 2 is 1.93 bits per heavy atom.